The predicted molar refractivity (Wildman–Crippen MR) is 67.6 cm³/mol. The molecule has 5 heteroatoms. The summed E-state index contributed by atoms with van der Waals surface area (Å²) in [5.74, 6) is -1.18. The Kier molecular flexibility index (Phi) is 3.77. The molecule has 0 bridgehead atoms. The fraction of sp³-hybridized carbons (Fsp3) is 0.154. The SMILES string of the molecule is CC(Nc1ccnc(Cl)c1)c1cc(F)cc(F)c1. The Bertz CT molecular complexity index is 540. The molecule has 1 unspecified atom stereocenters. The number of aromatic nitrogens is 1. The summed E-state index contributed by atoms with van der Waals surface area (Å²) in [6.45, 7) is 1.81. The number of anilines is 1. The maximum Gasteiger partial charge on any atom is 0.131 e. The zero-order valence-corrected chi connectivity index (χ0v) is 10.4. The first-order chi connectivity index (χ1) is 8.54. The third kappa shape index (κ3) is 3.17. The van der Waals surface area contributed by atoms with Gasteiger partial charge in [-0.1, -0.05) is 11.6 Å². The van der Waals surface area contributed by atoms with E-state index in [9.17, 15) is 8.78 Å². The van der Waals surface area contributed by atoms with E-state index >= 15 is 0 Å². The zero-order valence-electron chi connectivity index (χ0n) is 9.62. The number of hydrogen-bond donors (Lipinski definition) is 1. The van der Waals surface area contributed by atoms with Crippen LogP contribution in [-0.2, 0) is 0 Å². The highest BCUT2D eigenvalue weighted by atomic mass is 35.5. The fourth-order valence-corrected chi connectivity index (χ4v) is 1.82. The summed E-state index contributed by atoms with van der Waals surface area (Å²) in [6, 6.07) is 6.58. The summed E-state index contributed by atoms with van der Waals surface area (Å²) in [5.41, 5.74) is 1.27. The monoisotopic (exact) mass is 268 g/mol. The standard InChI is InChI=1S/C13H11ClF2N2/c1-8(9-4-10(15)6-11(16)5-9)18-12-2-3-17-13(14)7-12/h2-8H,1H3,(H,17,18). The molecule has 2 rings (SSSR count). The van der Waals surface area contributed by atoms with Gasteiger partial charge < -0.3 is 5.32 Å². The number of nitrogens with one attached hydrogen (secondary N) is 1. The van der Waals surface area contributed by atoms with Crippen molar-refractivity contribution in [2.75, 3.05) is 5.32 Å². The first-order valence-corrected chi connectivity index (χ1v) is 5.76. The van der Waals surface area contributed by atoms with Crippen LogP contribution in [-0.4, -0.2) is 4.98 Å². The lowest BCUT2D eigenvalue weighted by atomic mass is 10.1. The lowest BCUT2D eigenvalue weighted by Crippen LogP contribution is -2.07. The molecule has 2 aromatic rings. The molecule has 0 aliphatic heterocycles. The Hall–Kier alpha value is -1.68. The lowest BCUT2D eigenvalue weighted by molar-refractivity contribution is 0.577. The van der Waals surface area contributed by atoms with Crippen LogP contribution < -0.4 is 5.32 Å². The Morgan fingerprint density at radius 3 is 2.44 bits per heavy atom. The fourth-order valence-electron chi connectivity index (χ4n) is 1.65. The first-order valence-electron chi connectivity index (χ1n) is 5.38. The molecule has 0 saturated heterocycles. The summed E-state index contributed by atoms with van der Waals surface area (Å²) < 4.78 is 26.2. The van der Waals surface area contributed by atoms with Crippen molar-refractivity contribution in [1.82, 2.24) is 4.98 Å². The highest BCUT2D eigenvalue weighted by molar-refractivity contribution is 6.29. The van der Waals surface area contributed by atoms with Crippen molar-refractivity contribution in [3.63, 3.8) is 0 Å². The van der Waals surface area contributed by atoms with Gasteiger partial charge in [-0.05, 0) is 36.8 Å². The minimum absolute atomic E-state index is 0.242. The summed E-state index contributed by atoms with van der Waals surface area (Å²) in [4.78, 5) is 3.85. The van der Waals surface area contributed by atoms with Crippen LogP contribution in [0.3, 0.4) is 0 Å². The second kappa shape index (κ2) is 5.31. The molecule has 1 atom stereocenters. The van der Waals surface area contributed by atoms with E-state index in [1.54, 1.807) is 18.3 Å². The van der Waals surface area contributed by atoms with Crippen molar-refractivity contribution in [2.45, 2.75) is 13.0 Å². The maximum absolute atomic E-state index is 13.1. The molecular weight excluding hydrogens is 258 g/mol. The zero-order chi connectivity index (χ0) is 13.1. The van der Waals surface area contributed by atoms with Gasteiger partial charge in [-0.2, -0.15) is 0 Å². The van der Waals surface area contributed by atoms with Gasteiger partial charge in [0.2, 0.25) is 0 Å². The molecule has 0 aliphatic rings. The van der Waals surface area contributed by atoms with Crippen LogP contribution in [0.4, 0.5) is 14.5 Å². The highest BCUT2D eigenvalue weighted by Crippen LogP contribution is 2.22. The normalized spacial score (nSPS) is 12.2. The second-order valence-electron chi connectivity index (χ2n) is 3.94. The van der Waals surface area contributed by atoms with Gasteiger partial charge >= 0.3 is 0 Å². The molecule has 1 heterocycles. The van der Waals surface area contributed by atoms with Crippen LogP contribution in [0.25, 0.3) is 0 Å². The molecule has 18 heavy (non-hydrogen) atoms. The number of benzene rings is 1. The molecule has 0 fully saturated rings. The highest BCUT2D eigenvalue weighted by Gasteiger charge is 2.09. The van der Waals surface area contributed by atoms with Crippen molar-refractivity contribution in [3.8, 4) is 0 Å². The van der Waals surface area contributed by atoms with E-state index in [1.165, 1.54) is 12.1 Å². The maximum atomic E-state index is 13.1. The van der Waals surface area contributed by atoms with Gasteiger partial charge in [0.05, 0.1) is 0 Å². The van der Waals surface area contributed by atoms with Gasteiger partial charge in [-0.15, -0.1) is 0 Å². The summed E-state index contributed by atoms with van der Waals surface area (Å²) in [6.07, 6.45) is 1.56. The van der Waals surface area contributed by atoms with Crippen LogP contribution in [0.15, 0.2) is 36.5 Å². The molecule has 0 spiro atoms. The van der Waals surface area contributed by atoms with Crippen molar-refractivity contribution >= 4 is 17.3 Å². The van der Waals surface area contributed by atoms with Crippen molar-refractivity contribution in [2.24, 2.45) is 0 Å². The molecular formula is C13H11ClF2N2. The molecule has 1 aromatic heterocycles. The third-order valence-corrected chi connectivity index (χ3v) is 2.70. The molecule has 0 saturated carbocycles. The van der Waals surface area contributed by atoms with Crippen LogP contribution in [0.1, 0.15) is 18.5 Å². The minimum atomic E-state index is -0.591. The van der Waals surface area contributed by atoms with Gasteiger partial charge in [-0.25, -0.2) is 13.8 Å². The average Bonchev–Trinajstić information content (AvgIpc) is 2.27. The summed E-state index contributed by atoms with van der Waals surface area (Å²) in [7, 11) is 0. The van der Waals surface area contributed by atoms with Gasteiger partial charge in [0.1, 0.15) is 16.8 Å². The van der Waals surface area contributed by atoms with E-state index in [0.717, 1.165) is 11.8 Å². The van der Waals surface area contributed by atoms with E-state index in [4.69, 9.17) is 11.6 Å². The van der Waals surface area contributed by atoms with Crippen LogP contribution in [0, 0.1) is 11.6 Å². The summed E-state index contributed by atoms with van der Waals surface area (Å²) in [5, 5.41) is 3.45. The first kappa shape index (κ1) is 12.8. The molecule has 1 N–H and O–H groups in total. The lowest BCUT2D eigenvalue weighted by Gasteiger charge is -2.16. The molecule has 0 aliphatic carbocycles. The topological polar surface area (TPSA) is 24.9 Å². The Balaban J connectivity index is 2.19. The second-order valence-corrected chi connectivity index (χ2v) is 4.32. The predicted octanol–water partition coefficient (Wildman–Crippen LogP) is 4.19. The quantitative estimate of drug-likeness (QED) is 0.845. The van der Waals surface area contributed by atoms with Crippen LogP contribution in [0.2, 0.25) is 5.15 Å². The Labute approximate surface area is 109 Å². The molecule has 0 radical (unpaired) electrons. The summed E-state index contributed by atoms with van der Waals surface area (Å²) >= 11 is 5.75. The largest absolute Gasteiger partial charge is 0.378 e. The number of pyridine rings is 1. The number of halogens is 3. The van der Waals surface area contributed by atoms with E-state index in [0.29, 0.717) is 10.7 Å². The van der Waals surface area contributed by atoms with Gasteiger partial charge in [0.25, 0.3) is 0 Å². The van der Waals surface area contributed by atoms with Crippen molar-refractivity contribution < 1.29 is 8.78 Å². The molecule has 0 amide bonds. The van der Waals surface area contributed by atoms with E-state index < -0.39 is 11.6 Å². The number of rotatable bonds is 3. The van der Waals surface area contributed by atoms with Gasteiger partial charge in [-0.3, -0.25) is 0 Å². The Morgan fingerprint density at radius 1 is 1.17 bits per heavy atom. The third-order valence-electron chi connectivity index (χ3n) is 2.49. The minimum Gasteiger partial charge on any atom is -0.378 e. The molecule has 94 valence electrons. The molecule has 2 nitrogen and oxygen atoms in total. The van der Waals surface area contributed by atoms with Crippen molar-refractivity contribution in [3.05, 3.63) is 58.9 Å². The van der Waals surface area contributed by atoms with Crippen molar-refractivity contribution in [1.29, 1.82) is 0 Å². The average molecular weight is 269 g/mol. The van der Waals surface area contributed by atoms with Crippen LogP contribution >= 0.6 is 11.6 Å². The number of hydrogen-bond acceptors (Lipinski definition) is 2. The molecule has 1 aromatic carbocycles. The Morgan fingerprint density at radius 2 is 1.83 bits per heavy atom. The number of nitrogens with zero attached hydrogens (tertiary/aromatic N) is 1. The van der Waals surface area contributed by atoms with Gasteiger partial charge in [0.15, 0.2) is 0 Å². The van der Waals surface area contributed by atoms with E-state index in [1.807, 2.05) is 6.92 Å². The van der Waals surface area contributed by atoms with E-state index in [2.05, 4.69) is 10.3 Å². The van der Waals surface area contributed by atoms with E-state index in [-0.39, 0.29) is 6.04 Å². The van der Waals surface area contributed by atoms with Crippen LogP contribution in [0.5, 0.6) is 0 Å². The smallest absolute Gasteiger partial charge is 0.131 e. The van der Waals surface area contributed by atoms with Gasteiger partial charge in [0, 0.05) is 24.0 Å².